The number of hydrogen-bond donors (Lipinski definition) is 0. The predicted molar refractivity (Wildman–Crippen MR) is 103 cm³/mol. The van der Waals surface area contributed by atoms with Crippen LogP contribution in [0.25, 0.3) is 10.8 Å². The summed E-state index contributed by atoms with van der Waals surface area (Å²) in [4.78, 5) is 0.108. The van der Waals surface area contributed by atoms with Crippen LogP contribution in [-0.2, 0) is 20.8 Å². The van der Waals surface area contributed by atoms with Gasteiger partial charge in [-0.25, -0.2) is 0 Å². The molecular formula is C21H19NO3S. The van der Waals surface area contributed by atoms with E-state index < -0.39 is 10.1 Å². The fourth-order valence-corrected chi connectivity index (χ4v) is 4.17. The molecule has 0 saturated carbocycles. The van der Waals surface area contributed by atoms with E-state index in [2.05, 4.69) is 17.3 Å². The third kappa shape index (κ3) is 2.88. The first kappa shape index (κ1) is 16.8. The normalized spacial score (nSPS) is 18.2. The van der Waals surface area contributed by atoms with Gasteiger partial charge in [0.05, 0.1) is 5.71 Å². The molecule has 5 heteroatoms. The summed E-state index contributed by atoms with van der Waals surface area (Å²) in [5.41, 5.74) is 3.84. The molecule has 1 aliphatic carbocycles. The van der Waals surface area contributed by atoms with E-state index in [1.54, 1.807) is 12.1 Å². The fraction of sp³-hybridized carbons (Fsp3) is 0.190. The highest BCUT2D eigenvalue weighted by molar-refractivity contribution is 7.86. The van der Waals surface area contributed by atoms with E-state index in [1.807, 2.05) is 38.1 Å². The summed E-state index contributed by atoms with van der Waals surface area (Å²) in [6.07, 6.45) is 0.826. The molecule has 1 unspecified atom stereocenters. The zero-order valence-corrected chi connectivity index (χ0v) is 15.5. The zero-order valence-electron chi connectivity index (χ0n) is 14.6. The number of rotatable bonds is 3. The molecule has 0 heterocycles. The van der Waals surface area contributed by atoms with Gasteiger partial charge in [-0.05, 0) is 41.8 Å². The lowest BCUT2D eigenvalue weighted by Gasteiger charge is -2.08. The highest BCUT2D eigenvalue weighted by Crippen LogP contribution is 2.33. The molecule has 3 aromatic rings. The van der Waals surface area contributed by atoms with Gasteiger partial charge in [-0.1, -0.05) is 66.2 Å². The number of benzene rings is 3. The largest absolute Gasteiger partial charge is 0.358 e. The van der Waals surface area contributed by atoms with E-state index in [0.717, 1.165) is 28.3 Å². The third-order valence-corrected chi connectivity index (χ3v) is 5.93. The molecule has 0 N–H and O–H groups in total. The summed E-state index contributed by atoms with van der Waals surface area (Å²) in [6, 6.07) is 18.8. The second-order valence-electron chi connectivity index (χ2n) is 6.74. The molecule has 0 aliphatic heterocycles. The van der Waals surface area contributed by atoms with Crippen LogP contribution in [0.4, 0.5) is 0 Å². The maximum absolute atomic E-state index is 12.5. The Balaban J connectivity index is 1.75. The lowest BCUT2D eigenvalue weighted by molar-refractivity contribution is 0.336. The molecule has 0 saturated heterocycles. The molecule has 0 radical (unpaired) electrons. The number of nitrogens with zero attached hydrogens (tertiary/aromatic N) is 1. The Hall–Kier alpha value is -2.66. The number of hydrogen-bond acceptors (Lipinski definition) is 4. The van der Waals surface area contributed by atoms with Crippen LogP contribution < -0.4 is 0 Å². The fourth-order valence-electron chi connectivity index (χ4n) is 3.44. The van der Waals surface area contributed by atoms with Crippen LogP contribution in [0, 0.1) is 12.8 Å². The van der Waals surface area contributed by atoms with Gasteiger partial charge in [0.2, 0.25) is 0 Å². The van der Waals surface area contributed by atoms with Gasteiger partial charge in [0.1, 0.15) is 4.90 Å². The van der Waals surface area contributed by atoms with Crippen molar-refractivity contribution in [3.63, 3.8) is 0 Å². The lowest BCUT2D eigenvalue weighted by atomic mass is 10.00. The Kier molecular flexibility index (Phi) is 4.04. The first-order valence-corrected chi connectivity index (χ1v) is 9.96. The van der Waals surface area contributed by atoms with Gasteiger partial charge in [-0.15, -0.1) is 0 Å². The van der Waals surface area contributed by atoms with Crippen LogP contribution in [0.5, 0.6) is 0 Å². The summed E-state index contributed by atoms with van der Waals surface area (Å²) in [5, 5.41) is 6.27. The van der Waals surface area contributed by atoms with E-state index in [1.165, 1.54) is 17.7 Å². The van der Waals surface area contributed by atoms with E-state index in [4.69, 9.17) is 4.28 Å². The van der Waals surface area contributed by atoms with Gasteiger partial charge in [0, 0.05) is 11.5 Å². The average molecular weight is 365 g/mol. The van der Waals surface area contributed by atoms with Crippen molar-refractivity contribution in [3.05, 3.63) is 77.4 Å². The molecule has 0 bridgehead atoms. The van der Waals surface area contributed by atoms with Gasteiger partial charge < -0.3 is 0 Å². The highest BCUT2D eigenvalue weighted by Gasteiger charge is 2.28. The van der Waals surface area contributed by atoms with Crippen LogP contribution in [0.15, 0.2) is 70.7 Å². The zero-order chi connectivity index (χ0) is 18.3. The minimum Gasteiger partial charge on any atom is -0.264 e. The van der Waals surface area contributed by atoms with Gasteiger partial charge in [-0.3, -0.25) is 4.28 Å². The highest BCUT2D eigenvalue weighted by atomic mass is 32.2. The Morgan fingerprint density at radius 3 is 2.50 bits per heavy atom. The van der Waals surface area contributed by atoms with Crippen molar-refractivity contribution in [1.82, 2.24) is 0 Å². The van der Waals surface area contributed by atoms with Crippen molar-refractivity contribution in [2.45, 2.75) is 25.2 Å². The molecule has 4 rings (SSSR count). The summed E-state index contributed by atoms with van der Waals surface area (Å²) < 4.78 is 30.0. The molecule has 1 atom stereocenters. The summed E-state index contributed by atoms with van der Waals surface area (Å²) in [5.74, 6) is 0.101. The molecule has 0 aromatic heterocycles. The molecule has 26 heavy (non-hydrogen) atoms. The minimum absolute atomic E-state index is 0.101. The van der Waals surface area contributed by atoms with Crippen LogP contribution in [0.2, 0.25) is 0 Å². The number of aryl methyl sites for hydroxylation is 1. The second kappa shape index (κ2) is 6.25. The number of oxime groups is 1. The van der Waals surface area contributed by atoms with Gasteiger partial charge >= 0.3 is 10.1 Å². The first-order chi connectivity index (χ1) is 12.5. The molecule has 4 nitrogen and oxygen atoms in total. The smallest absolute Gasteiger partial charge is 0.264 e. The Labute approximate surface area is 153 Å². The Bertz CT molecular complexity index is 1120. The quantitative estimate of drug-likeness (QED) is 0.644. The SMILES string of the molecule is Cc1ccc(S(=O)(=O)O/N=C2/c3c(ccc4ccccc34)CC2C)cc1. The molecule has 1 aliphatic rings. The maximum atomic E-state index is 12.5. The molecule has 0 amide bonds. The van der Waals surface area contributed by atoms with Crippen LogP contribution in [-0.4, -0.2) is 14.1 Å². The number of fused-ring (bicyclic) bond motifs is 3. The van der Waals surface area contributed by atoms with Crippen molar-refractivity contribution in [2.24, 2.45) is 11.1 Å². The van der Waals surface area contributed by atoms with Crippen LogP contribution in [0.3, 0.4) is 0 Å². The lowest BCUT2D eigenvalue weighted by Crippen LogP contribution is -2.10. The van der Waals surface area contributed by atoms with E-state index >= 15 is 0 Å². The molecular weight excluding hydrogens is 346 g/mol. The van der Waals surface area contributed by atoms with E-state index in [9.17, 15) is 8.42 Å². The second-order valence-corrected chi connectivity index (χ2v) is 8.27. The first-order valence-electron chi connectivity index (χ1n) is 8.55. The van der Waals surface area contributed by atoms with Gasteiger partial charge in [0.25, 0.3) is 0 Å². The van der Waals surface area contributed by atoms with Crippen molar-refractivity contribution >= 4 is 26.6 Å². The summed E-state index contributed by atoms with van der Waals surface area (Å²) >= 11 is 0. The monoisotopic (exact) mass is 365 g/mol. The minimum atomic E-state index is -3.93. The van der Waals surface area contributed by atoms with Gasteiger partial charge in [-0.2, -0.15) is 8.42 Å². The topological polar surface area (TPSA) is 55.7 Å². The molecule has 132 valence electrons. The third-order valence-electron chi connectivity index (χ3n) is 4.81. The Morgan fingerprint density at radius 2 is 1.73 bits per heavy atom. The van der Waals surface area contributed by atoms with Crippen LogP contribution in [0.1, 0.15) is 23.6 Å². The van der Waals surface area contributed by atoms with Crippen molar-refractivity contribution in [3.8, 4) is 0 Å². The molecule has 3 aromatic carbocycles. The van der Waals surface area contributed by atoms with Gasteiger partial charge in [0.15, 0.2) is 0 Å². The van der Waals surface area contributed by atoms with Crippen LogP contribution >= 0.6 is 0 Å². The summed E-state index contributed by atoms with van der Waals surface area (Å²) in [7, 11) is -3.93. The van der Waals surface area contributed by atoms with E-state index in [0.29, 0.717) is 5.71 Å². The molecule has 0 spiro atoms. The standard InChI is InChI=1S/C21H19NO3S/c1-14-7-11-18(12-8-14)26(23,24)25-22-21-15(2)13-17-10-9-16-5-3-4-6-19(16)20(17)21/h3-12,15H,13H2,1-2H3/b22-21+. The maximum Gasteiger partial charge on any atom is 0.358 e. The van der Waals surface area contributed by atoms with Crippen molar-refractivity contribution < 1.29 is 12.7 Å². The molecule has 0 fully saturated rings. The average Bonchev–Trinajstić information content (AvgIpc) is 2.96. The van der Waals surface area contributed by atoms with Crippen molar-refractivity contribution in [1.29, 1.82) is 0 Å². The van der Waals surface area contributed by atoms with E-state index in [-0.39, 0.29) is 10.8 Å². The van der Waals surface area contributed by atoms with Crippen molar-refractivity contribution in [2.75, 3.05) is 0 Å². The Morgan fingerprint density at radius 1 is 1.00 bits per heavy atom. The predicted octanol–water partition coefficient (Wildman–Crippen LogP) is 4.45. The summed E-state index contributed by atoms with van der Waals surface area (Å²) in [6.45, 7) is 3.94.